The summed E-state index contributed by atoms with van der Waals surface area (Å²) in [6.07, 6.45) is 81.4. The van der Waals surface area contributed by atoms with Gasteiger partial charge < -0.3 is 18.9 Å². The molecule has 466 valence electrons. The molecule has 0 aliphatic rings. The predicted molar refractivity (Wildman–Crippen MR) is 344 cm³/mol. The molecule has 0 bridgehead atoms. The monoisotopic (exact) mass is 1140 g/mol. The quantitative estimate of drug-likeness (QED) is 0.0211. The van der Waals surface area contributed by atoms with Gasteiger partial charge in [-0.2, -0.15) is 0 Å². The largest absolute Gasteiger partial charge is 0.472 e. The molecule has 0 aromatic rings. The van der Waals surface area contributed by atoms with E-state index in [4.69, 9.17) is 18.5 Å². The van der Waals surface area contributed by atoms with Crippen LogP contribution in [-0.4, -0.2) is 74.9 Å². The number of ether oxygens (including phenoxy) is 2. The van der Waals surface area contributed by atoms with E-state index in [0.717, 1.165) is 77.0 Å². The minimum Gasteiger partial charge on any atom is -0.462 e. The summed E-state index contributed by atoms with van der Waals surface area (Å²) in [5, 5.41) is 0. The van der Waals surface area contributed by atoms with Crippen LogP contribution in [0, 0.1) is 0 Å². The lowest BCUT2D eigenvalue weighted by atomic mass is 10.0. The van der Waals surface area contributed by atoms with E-state index >= 15 is 0 Å². The van der Waals surface area contributed by atoms with Crippen molar-refractivity contribution < 1.29 is 42.1 Å². The van der Waals surface area contributed by atoms with Gasteiger partial charge >= 0.3 is 19.8 Å². The summed E-state index contributed by atoms with van der Waals surface area (Å²) in [6.45, 7) is 4.37. The molecule has 0 aliphatic carbocycles. The van der Waals surface area contributed by atoms with Crippen LogP contribution in [0.25, 0.3) is 0 Å². The maximum absolute atomic E-state index is 12.9. The van der Waals surface area contributed by atoms with Crippen LogP contribution < -0.4 is 0 Å². The lowest BCUT2D eigenvalue weighted by molar-refractivity contribution is -0.870. The van der Waals surface area contributed by atoms with E-state index in [0.29, 0.717) is 23.9 Å². The number of quaternary nitrogens is 1. The number of allylic oxidation sites excluding steroid dienone is 12. The Labute approximate surface area is 495 Å². The molecule has 0 aromatic carbocycles. The summed E-state index contributed by atoms with van der Waals surface area (Å²) in [4.78, 5) is 35.8. The molecule has 2 unspecified atom stereocenters. The van der Waals surface area contributed by atoms with Crippen molar-refractivity contribution >= 4 is 19.8 Å². The number of hydrogen-bond donors (Lipinski definition) is 1. The van der Waals surface area contributed by atoms with E-state index in [9.17, 15) is 19.0 Å². The molecule has 0 aromatic heterocycles. The summed E-state index contributed by atoms with van der Waals surface area (Å²) in [5.41, 5.74) is 0. The molecule has 0 amide bonds. The summed E-state index contributed by atoms with van der Waals surface area (Å²) in [5.74, 6) is -0.784. The maximum Gasteiger partial charge on any atom is 0.472 e. The number of likely N-dealkylation sites (N-methyl/N-ethyl adjacent to an activating group) is 1. The second-order valence-corrected chi connectivity index (χ2v) is 25.3. The number of phosphoric ester groups is 1. The number of unbranched alkanes of at least 4 members (excludes halogenated alkanes) is 36. The van der Waals surface area contributed by atoms with Gasteiger partial charge in [-0.15, -0.1) is 0 Å². The van der Waals surface area contributed by atoms with Gasteiger partial charge in [-0.3, -0.25) is 18.6 Å². The fraction of sp³-hybridized carbons (Fsp3) is 0.800. The van der Waals surface area contributed by atoms with Crippen LogP contribution >= 0.6 is 7.82 Å². The number of phosphoric acid groups is 1. The molecule has 0 aliphatic heterocycles. The third-order valence-electron chi connectivity index (χ3n) is 14.8. The van der Waals surface area contributed by atoms with Crippen LogP contribution in [0.4, 0.5) is 0 Å². The average Bonchev–Trinajstić information content (AvgIpc) is 3.42. The van der Waals surface area contributed by atoms with Crippen LogP contribution in [0.2, 0.25) is 0 Å². The molecular formula is C70H129NO8P+. The van der Waals surface area contributed by atoms with Crippen molar-refractivity contribution in [3.8, 4) is 0 Å². The van der Waals surface area contributed by atoms with Gasteiger partial charge in [0.25, 0.3) is 0 Å². The van der Waals surface area contributed by atoms with Crippen molar-refractivity contribution in [3.63, 3.8) is 0 Å². The number of esters is 2. The third-order valence-corrected chi connectivity index (χ3v) is 15.7. The number of hydrogen-bond acceptors (Lipinski definition) is 7. The maximum atomic E-state index is 12.9. The number of carbonyl (C=O) groups is 2. The minimum absolute atomic E-state index is 0.0318. The van der Waals surface area contributed by atoms with E-state index in [-0.39, 0.29) is 25.6 Å². The molecule has 0 heterocycles. The Balaban J connectivity index is 4.05. The fourth-order valence-electron chi connectivity index (χ4n) is 9.61. The Morgan fingerprint density at radius 1 is 0.400 bits per heavy atom. The minimum atomic E-state index is -4.39. The van der Waals surface area contributed by atoms with Crippen molar-refractivity contribution in [2.45, 2.75) is 315 Å². The molecular weight excluding hydrogens is 1010 g/mol. The van der Waals surface area contributed by atoms with E-state index < -0.39 is 26.5 Å². The Morgan fingerprint density at radius 3 is 1.06 bits per heavy atom. The molecule has 0 saturated carbocycles. The Bertz CT molecular complexity index is 1580. The zero-order valence-electron chi connectivity index (χ0n) is 53.1. The van der Waals surface area contributed by atoms with E-state index in [1.54, 1.807) is 0 Å². The van der Waals surface area contributed by atoms with Gasteiger partial charge in [0, 0.05) is 12.8 Å². The highest BCUT2D eigenvalue weighted by Gasteiger charge is 2.27. The first-order valence-corrected chi connectivity index (χ1v) is 35.2. The topological polar surface area (TPSA) is 108 Å². The number of carbonyl (C=O) groups excluding carboxylic acids is 2. The molecule has 2 atom stereocenters. The highest BCUT2D eigenvalue weighted by Crippen LogP contribution is 2.43. The van der Waals surface area contributed by atoms with Crippen LogP contribution in [-0.2, 0) is 32.7 Å². The normalized spacial score (nSPS) is 13.6. The molecule has 80 heavy (non-hydrogen) atoms. The smallest absolute Gasteiger partial charge is 0.462 e. The summed E-state index contributed by atoms with van der Waals surface area (Å²) < 4.78 is 34.7. The Kier molecular flexibility index (Phi) is 59.1. The lowest BCUT2D eigenvalue weighted by Gasteiger charge is -2.24. The van der Waals surface area contributed by atoms with Gasteiger partial charge in [-0.1, -0.05) is 305 Å². The SMILES string of the molecule is CC/C=C\C/C=C\C/C=C\C/C=C\C/C=C\C/C=C\CCCCCCCCCCCCCCCCC(=O)OC(COC(=O)CCCCCCCCCCCCCCCCCCCCCCCCC)COP(=O)(O)OCC[N+](C)(C)C. The van der Waals surface area contributed by atoms with Crippen molar-refractivity contribution in [2.24, 2.45) is 0 Å². The molecule has 1 N–H and O–H groups in total. The van der Waals surface area contributed by atoms with Crippen molar-refractivity contribution in [3.05, 3.63) is 72.9 Å². The highest BCUT2D eigenvalue weighted by atomic mass is 31.2. The standard InChI is InChI=1S/C70H128NO8P/c1-6-8-10-12-14-16-18-20-22-24-26-28-30-31-32-33-34-35-36-37-38-39-41-43-45-47-49-51-53-55-57-59-61-63-70(73)79-68(67-78-80(74,75)77-65-64-71(3,4)5)66-76-69(72)62-60-58-56-54-52-50-48-46-44-42-40-29-27-25-23-21-19-17-15-13-11-9-7-2/h8,10,14,16,20,22,26,28,31-32,34-35,68H,6-7,9,11-13,15,17-19,21,23-25,27,29-30,33,36-67H2,1-5H3/p+1/b10-8-,16-14-,22-20-,28-26-,32-31-,35-34-. The van der Waals surface area contributed by atoms with E-state index in [1.165, 1.54) is 199 Å². The van der Waals surface area contributed by atoms with E-state index in [1.807, 2.05) is 21.1 Å². The molecule has 0 radical (unpaired) electrons. The van der Waals surface area contributed by atoms with Crippen molar-refractivity contribution in [1.29, 1.82) is 0 Å². The second kappa shape index (κ2) is 61.0. The second-order valence-electron chi connectivity index (χ2n) is 23.8. The molecule has 0 rings (SSSR count). The fourth-order valence-corrected chi connectivity index (χ4v) is 10.4. The zero-order chi connectivity index (χ0) is 58.4. The Morgan fingerprint density at radius 2 is 0.713 bits per heavy atom. The molecule has 0 fully saturated rings. The van der Waals surface area contributed by atoms with Gasteiger partial charge in [-0.25, -0.2) is 4.57 Å². The number of rotatable bonds is 62. The zero-order valence-corrected chi connectivity index (χ0v) is 54.0. The summed E-state index contributed by atoms with van der Waals surface area (Å²) >= 11 is 0. The third kappa shape index (κ3) is 64.6. The molecule has 0 spiro atoms. The van der Waals surface area contributed by atoms with Crippen molar-refractivity contribution in [2.75, 3.05) is 47.5 Å². The van der Waals surface area contributed by atoms with Crippen LogP contribution in [0.1, 0.15) is 309 Å². The van der Waals surface area contributed by atoms with Crippen molar-refractivity contribution in [1.82, 2.24) is 0 Å². The lowest BCUT2D eigenvalue weighted by Crippen LogP contribution is -2.37. The first kappa shape index (κ1) is 77.5. The Hall–Kier alpha value is -2.55. The van der Waals surface area contributed by atoms with Gasteiger partial charge in [-0.05, 0) is 64.2 Å². The average molecular weight is 1140 g/mol. The first-order valence-electron chi connectivity index (χ1n) is 33.7. The van der Waals surface area contributed by atoms with Gasteiger partial charge in [0.2, 0.25) is 0 Å². The molecule has 10 heteroatoms. The molecule has 0 saturated heterocycles. The van der Waals surface area contributed by atoms with Gasteiger partial charge in [0.1, 0.15) is 19.8 Å². The number of nitrogens with zero attached hydrogens (tertiary/aromatic N) is 1. The van der Waals surface area contributed by atoms with Crippen LogP contribution in [0.5, 0.6) is 0 Å². The van der Waals surface area contributed by atoms with E-state index in [2.05, 4.69) is 86.8 Å². The molecule has 9 nitrogen and oxygen atoms in total. The van der Waals surface area contributed by atoms with Gasteiger partial charge in [0.05, 0.1) is 27.7 Å². The summed E-state index contributed by atoms with van der Waals surface area (Å²) in [7, 11) is 1.49. The first-order chi connectivity index (χ1) is 39.0. The van der Waals surface area contributed by atoms with Crippen LogP contribution in [0.15, 0.2) is 72.9 Å². The predicted octanol–water partition coefficient (Wildman–Crippen LogP) is 21.6. The highest BCUT2D eigenvalue weighted by molar-refractivity contribution is 7.47. The summed E-state index contributed by atoms with van der Waals surface area (Å²) in [6, 6.07) is 0. The van der Waals surface area contributed by atoms with Gasteiger partial charge in [0.15, 0.2) is 6.10 Å². The van der Waals surface area contributed by atoms with Crippen LogP contribution in [0.3, 0.4) is 0 Å².